The second-order valence-electron chi connectivity index (χ2n) is 13.0. The largest absolute Gasteiger partial charge is 0.425 e. The van der Waals surface area contributed by atoms with E-state index < -0.39 is 5.79 Å². The van der Waals surface area contributed by atoms with Crippen LogP contribution in [0.25, 0.3) is 0 Å². The molecule has 31 heavy (non-hydrogen) atoms. The minimum atomic E-state index is -0.472. The molecule has 4 saturated carbocycles. The van der Waals surface area contributed by atoms with Gasteiger partial charge in [0, 0.05) is 18.3 Å². The van der Waals surface area contributed by atoms with Crippen LogP contribution >= 0.6 is 0 Å². The molecule has 2 N–H and O–H groups in total. The molecule has 0 radical (unpaired) electrons. The molecule has 2 aliphatic heterocycles. The van der Waals surface area contributed by atoms with Crippen molar-refractivity contribution < 1.29 is 19.7 Å². The van der Waals surface area contributed by atoms with E-state index in [4.69, 9.17) is 9.47 Å². The Hall–Kier alpha value is -0.160. The standard InChI is InChI=1S/C27H43O4/c1-15-9-12-27(30-14-15)16(2)21-24(31-27)23(29)22-19-8-6-17-5-7-18(28)13-26(17,4)20(19)10-11-25(21,22)3/h7,15-24,28-29H,5-6,8-14H2,1-4H3/q-1/t15-,16-,17-,18+,19-,20?,21+,22-,23?,24?,25-,26+,27-/m0/s1. The first-order chi connectivity index (χ1) is 14.7. The minimum absolute atomic E-state index is 0.0760. The maximum atomic E-state index is 11.8. The molecule has 3 unspecified atom stereocenters. The zero-order valence-corrected chi connectivity index (χ0v) is 19.9. The van der Waals surface area contributed by atoms with Crippen molar-refractivity contribution in [2.75, 3.05) is 6.61 Å². The van der Waals surface area contributed by atoms with E-state index in [-0.39, 0.29) is 29.1 Å². The zero-order valence-electron chi connectivity index (χ0n) is 19.9. The molecule has 6 aliphatic rings. The molecule has 13 atom stereocenters. The SMILES string of the molecule is C[C@H]1CC[C@]2(OC1)OC1C(O)[C@@H]3[C@H]4CC[C@@H]5C[CH-][C@@H](O)C[C@@]5(C)C4CC[C@@]3(C)[C@@H]1[C@@H]2C. The van der Waals surface area contributed by atoms with Gasteiger partial charge >= 0.3 is 0 Å². The molecule has 0 amide bonds. The maximum absolute atomic E-state index is 11.8. The fourth-order valence-electron chi connectivity index (χ4n) is 10.1. The third-order valence-electron chi connectivity index (χ3n) is 11.7. The van der Waals surface area contributed by atoms with E-state index in [1.54, 1.807) is 0 Å². The van der Waals surface area contributed by atoms with Crippen LogP contribution in [0.15, 0.2) is 0 Å². The van der Waals surface area contributed by atoms with Crippen molar-refractivity contribution in [3.05, 3.63) is 6.42 Å². The minimum Gasteiger partial charge on any atom is -0.425 e. The van der Waals surface area contributed by atoms with Crippen LogP contribution in [-0.2, 0) is 9.47 Å². The average molecular weight is 432 g/mol. The van der Waals surface area contributed by atoms with Crippen LogP contribution in [0.3, 0.4) is 0 Å². The molecule has 4 heteroatoms. The van der Waals surface area contributed by atoms with Crippen LogP contribution < -0.4 is 0 Å². The van der Waals surface area contributed by atoms with Crippen molar-refractivity contribution in [1.82, 2.24) is 0 Å². The van der Waals surface area contributed by atoms with Crippen LogP contribution in [0.4, 0.5) is 0 Å². The van der Waals surface area contributed by atoms with Crippen molar-refractivity contribution in [2.24, 2.45) is 52.3 Å². The van der Waals surface area contributed by atoms with Gasteiger partial charge in [-0.05, 0) is 66.6 Å². The molecular formula is C27H43O4-. The number of aliphatic hydroxyl groups excluding tert-OH is 2. The highest BCUT2D eigenvalue weighted by molar-refractivity contribution is 5.19. The molecule has 6 fully saturated rings. The molecule has 4 aliphatic carbocycles. The Labute approximate surface area is 188 Å². The lowest BCUT2D eigenvalue weighted by Gasteiger charge is -2.63. The van der Waals surface area contributed by atoms with E-state index >= 15 is 0 Å². The summed E-state index contributed by atoms with van der Waals surface area (Å²) in [4.78, 5) is 0. The van der Waals surface area contributed by atoms with Gasteiger partial charge in [-0.25, -0.2) is 0 Å². The fraction of sp³-hybridized carbons (Fsp3) is 0.963. The summed E-state index contributed by atoms with van der Waals surface area (Å²) in [6, 6.07) is 0. The van der Waals surface area contributed by atoms with Crippen LogP contribution in [-0.4, -0.2) is 40.9 Å². The van der Waals surface area contributed by atoms with Gasteiger partial charge in [0.2, 0.25) is 0 Å². The first kappa shape index (κ1) is 21.4. The highest BCUT2D eigenvalue weighted by Crippen LogP contribution is 2.71. The van der Waals surface area contributed by atoms with Gasteiger partial charge in [-0.15, -0.1) is 0 Å². The van der Waals surface area contributed by atoms with E-state index in [1.165, 1.54) is 25.7 Å². The summed E-state index contributed by atoms with van der Waals surface area (Å²) in [5.74, 6) is 3.06. The summed E-state index contributed by atoms with van der Waals surface area (Å²) in [7, 11) is 0. The highest BCUT2D eigenvalue weighted by Gasteiger charge is 2.72. The molecule has 0 aromatic carbocycles. The normalized spacial score (nSPS) is 63.3. The quantitative estimate of drug-likeness (QED) is 0.551. The van der Waals surface area contributed by atoms with E-state index in [2.05, 4.69) is 34.1 Å². The van der Waals surface area contributed by atoms with Crippen LogP contribution in [0, 0.1) is 58.7 Å². The number of ether oxygens (including phenoxy) is 2. The molecular weight excluding hydrogens is 388 g/mol. The van der Waals surface area contributed by atoms with Gasteiger partial charge in [-0.3, -0.25) is 0 Å². The van der Waals surface area contributed by atoms with Gasteiger partial charge < -0.3 is 26.1 Å². The number of hydrogen-bond donors (Lipinski definition) is 2. The summed E-state index contributed by atoms with van der Waals surface area (Å²) in [5, 5.41) is 22.3. The average Bonchev–Trinajstić information content (AvgIpc) is 3.13. The Balaban J connectivity index is 1.31. The molecule has 0 bridgehead atoms. The van der Waals surface area contributed by atoms with Crippen LogP contribution in [0.2, 0.25) is 0 Å². The maximum Gasteiger partial charge on any atom is 0.171 e. The molecule has 2 heterocycles. The van der Waals surface area contributed by atoms with E-state index in [0.29, 0.717) is 41.4 Å². The van der Waals surface area contributed by atoms with Gasteiger partial charge in [0.1, 0.15) is 0 Å². The smallest absolute Gasteiger partial charge is 0.171 e. The van der Waals surface area contributed by atoms with Crippen LogP contribution in [0.5, 0.6) is 0 Å². The lowest BCUT2D eigenvalue weighted by atomic mass is 9.44. The number of fused-ring (bicyclic) bond motifs is 7. The zero-order chi connectivity index (χ0) is 21.8. The third-order valence-corrected chi connectivity index (χ3v) is 11.7. The molecule has 1 spiro atoms. The number of rotatable bonds is 0. The van der Waals surface area contributed by atoms with E-state index in [0.717, 1.165) is 32.3 Å². The molecule has 4 nitrogen and oxygen atoms in total. The van der Waals surface area contributed by atoms with Gasteiger partial charge in [-0.1, -0.05) is 46.1 Å². The number of hydrogen-bond acceptors (Lipinski definition) is 4. The first-order valence-electron chi connectivity index (χ1n) is 13.2. The van der Waals surface area contributed by atoms with E-state index in [9.17, 15) is 10.2 Å². The van der Waals surface area contributed by atoms with Gasteiger partial charge in [0.25, 0.3) is 0 Å². The Kier molecular flexibility index (Phi) is 4.78. The Morgan fingerprint density at radius 3 is 2.48 bits per heavy atom. The third kappa shape index (κ3) is 2.74. The predicted molar refractivity (Wildman–Crippen MR) is 119 cm³/mol. The van der Waals surface area contributed by atoms with Crippen molar-refractivity contribution in [2.45, 2.75) is 103 Å². The highest BCUT2D eigenvalue weighted by atomic mass is 16.7. The molecule has 2 saturated heterocycles. The molecule has 0 aromatic heterocycles. The number of aliphatic hydroxyl groups is 2. The first-order valence-corrected chi connectivity index (χ1v) is 13.2. The van der Waals surface area contributed by atoms with Gasteiger partial charge in [0.15, 0.2) is 5.79 Å². The summed E-state index contributed by atoms with van der Waals surface area (Å²) in [5.41, 5.74) is 0.343. The Bertz CT molecular complexity index is 716. The summed E-state index contributed by atoms with van der Waals surface area (Å²) < 4.78 is 13.2. The van der Waals surface area contributed by atoms with Crippen molar-refractivity contribution in [3.63, 3.8) is 0 Å². The van der Waals surface area contributed by atoms with Gasteiger partial charge in [0.05, 0.1) is 18.8 Å². The Morgan fingerprint density at radius 1 is 0.935 bits per heavy atom. The topological polar surface area (TPSA) is 58.9 Å². The second kappa shape index (κ2) is 6.93. The van der Waals surface area contributed by atoms with Gasteiger partial charge in [-0.2, -0.15) is 6.42 Å². The predicted octanol–water partition coefficient (Wildman–Crippen LogP) is 4.58. The van der Waals surface area contributed by atoms with Crippen molar-refractivity contribution >= 4 is 0 Å². The summed E-state index contributed by atoms with van der Waals surface area (Å²) in [6.07, 6.45) is 10.4. The molecule has 0 aromatic rings. The van der Waals surface area contributed by atoms with Crippen molar-refractivity contribution in [1.29, 1.82) is 0 Å². The molecule has 6 rings (SSSR count). The lowest BCUT2D eigenvalue weighted by molar-refractivity contribution is -0.282. The fourth-order valence-corrected chi connectivity index (χ4v) is 10.1. The molecule has 176 valence electrons. The monoisotopic (exact) mass is 431 g/mol. The lowest BCUT2D eigenvalue weighted by Crippen LogP contribution is -2.57. The van der Waals surface area contributed by atoms with E-state index in [1.807, 2.05) is 0 Å². The Morgan fingerprint density at radius 2 is 1.74 bits per heavy atom. The summed E-state index contributed by atoms with van der Waals surface area (Å²) in [6.45, 7) is 10.3. The van der Waals surface area contributed by atoms with Crippen LogP contribution in [0.1, 0.15) is 79.1 Å². The summed E-state index contributed by atoms with van der Waals surface area (Å²) >= 11 is 0. The van der Waals surface area contributed by atoms with Crippen molar-refractivity contribution in [3.8, 4) is 0 Å². The second-order valence-corrected chi connectivity index (χ2v) is 13.0.